The lowest BCUT2D eigenvalue weighted by Gasteiger charge is -2.08. The summed E-state index contributed by atoms with van der Waals surface area (Å²) in [6.45, 7) is 0.337. The summed E-state index contributed by atoms with van der Waals surface area (Å²) in [4.78, 5) is 20.4. The van der Waals surface area contributed by atoms with Gasteiger partial charge >= 0.3 is 5.97 Å². The minimum atomic E-state index is -1.06. The molecular weight excluding hydrogens is 380 g/mol. The second kappa shape index (κ2) is 7.28. The van der Waals surface area contributed by atoms with E-state index in [-0.39, 0.29) is 5.56 Å². The topological polar surface area (TPSA) is 90.1 Å². The zero-order valence-corrected chi connectivity index (χ0v) is 15.6. The molecular formula is C20H15ClN4O3. The van der Waals surface area contributed by atoms with Crippen LogP contribution in [0.5, 0.6) is 5.75 Å². The van der Waals surface area contributed by atoms with E-state index >= 15 is 0 Å². The molecule has 0 amide bonds. The second-order valence-corrected chi connectivity index (χ2v) is 6.58. The van der Waals surface area contributed by atoms with E-state index < -0.39 is 5.97 Å². The molecule has 0 saturated heterocycles. The van der Waals surface area contributed by atoms with E-state index in [2.05, 4.69) is 15.1 Å². The van der Waals surface area contributed by atoms with Crippen molar-refractivity contribution >= 4 is 28.5 Å². The first-order chi connectivity index (χ1) is 13.5. The van der Waals surface area contributed by atoms with Gasteiger partial charge in [-0.15, -0.1) is 0 Å². The average Bonchev–Trinajstić information content (AvgIpc) is 3.10. The molecule has 7 nitrogen and oxygen atoms in total. The van der Waals surface area contributed by atoms with Crippen molar-refractivity contribution in [2.24, 2.45) is 0 Å². The van der Waals surface area contributed by atoms with Crippen molar-refractivity contribution in [1.82, 2.24) is 19.7 Å². The van der Waals surface area contributed by atoms with E-state index in [1.807, 2.05) is 24.3 Å². The third kappa shape index (κ3) is 3.39. The molecule has 140 valence electrons. The number of halogens is 1. The van der Waals surface area contributed by atoms with Crippen molar-refractivity contribution in [3.05, 3.63) is 71.1 Å². The Bertz CT molecular complexity index is 1170. The number of nitrogens with zero attached hydrogens (tertiary/aromatic N) is 4. The molecule has 0 aliphatic rings. The van der Waals surface area contributed by atoms with Crippen molar-refractivity contribution in [2.75, 3.05) is 7.11 Å². The molecule has 0 spiro atoms. The zero-order valence-electron chi connectivity index (χ0n) is 14.8. The van der Waals surface area contributed by atoms with Crippen LogP contribution in [0, 0.1) is 0 Å². The molecule has 28 heavy (non-hydrogen) atoms. The highest BCUT2D eigenvalue weighted by atomic mass is 35.5. The van der Waals surface area contributed by atoms with Crippen LogP contribution in [0.2, 0.25) is 5.02 Å². The molecule has 0 radical (unpaired) electrons. The van der Waals surface area contributed by atoms with E-state index in [0.717, 1.165) is 16.9 Å². The molecule has 4 rings (SSSR count). The van der Waals surface area contributed by atoms with E-state index in [1.54, 1.807) is 36.4 Å². The van der Waals surface area contributed by atoms with Crippen LogP contribution in [-0.4, -0.2) is 37.9 Å². The highest BCUT2D eigenvalue weighted by molar-refractivity contribution is 6.32. The molecule has 0 unspecified atom stereocenters. The Morgan fingerprint density at radius 2 is 1.96 bits per heavy atom. The number of methoxy groups -OCH3 is 1. The number of carboxylic acid groups (broad SMARTS) is 1. The predicted octanol–water partition coefficient (Wildman–Crippen LogP) is 3.90. The van der Waals surface area contributed by atoms with Crippen molar-refractivity contribution in [1.29, 1.82) is 0 Å². The van der Waals surface area contributed by atoms with Crippen molar-refractivity contribution in [2.45, 2.75) is 6.54 Å². The normalized spacial score (nSPS) is 10.9. The number of hydrogen-bond donors (Lipinski definition) is 1. The smallest absolute Gasteiger partial charge is 0.337 e. The van der Waals surface area contributed by atoms with Gasteiger partial charge in [0.2, 0.25) is 0 Å². The largest absolute Gasteiger partial charge is 0.497 e. The molecule has 0 fully saturated rings. The first-order valence-electron chi connectivity index (χ1n) is 8.39. The van der Waals surface area contributed by atoms with Gasteiger partial charge in [-0.2, -0.15) is 5.10 Å². The van der Waals surface area contributed by atoms with Gasteiger partial charge in [0.25, 0.3) is 0 Å². The van der Waals surface area contributed by atoms with Crippen LogP contribution < -0.4 is 4.74 Å². The van der Waals surface area contributed by atoms with Gasteiger partial charge in [-0.3, -0.25) is 4.68 Å². The van der Waals surface area contributed by atoms with Crippen LogP contribution in [-0.2, 0) is 6.54 Å². The Hall–Kier alpha value is -3.45. The van der Waals surface area contributed by atoms with Crippen molar-refractivity contribution in [3.63, 3.8) is 0 Å². The molecule has 2 heterocycles. The number of carbonyl (C=O) groups is 1. The Morgan fingerprint density at radius 1 is 1.18 bits per heavy atom. The van der Waals surface area contributed by atoms with E-state index in [4.69, 9.17) is 16.3 Å². The zero-order chi connectivity index (χ0) is 19.7. The van der Waals surface area contributed by atoms with Gasteiger partial charge in [0.15, 0.2) is 5.82 Å². The standard InChI is InChI=1S/C20H15ClN4O3/c1-28-16-4-2-3-13(6-16)19-22-8-12(9-23-19)11-25-18-14(10-24-25)5-15(21)7-17(18)20(26)27/h2-10H,11H2,1H3,(H,26,27). The highest BCUT2D eigenvalue weighted by Gasteiger charge is 2.15. The number of carboxylic acids is 1. The third-order valence-electron chi connectivity index (χ3n) is 4.29. The molecule has 2 aromatic carbocycles. The maximum absolute atomic E-state index is 11.6. The first-order valence-corrected chi connectivity index (χ1v) is 8.76. The summed E-state index contributed by atoms with van der Waals surface area (Å²) in [7, 11) is 1.61. The summed E-state index contributed by atoms with van der Waals surface area (Å²) in [5.41, 5.74) is 2.25. The monoisotopic (exact) mass is 394 g/mol. The van der Waals surface area contributed by atoms with Gasteiger partial charge in [0.1, 0.15) is 5.75 Å². The SMILES string of the molecule is COc1cccc(-c2ncc(Cn3ncc4cc(Cl)cc(C(=O)O)c43)cn2)c1. The van der Waals surface area contributed by atoms with Gasteiger partial charge in [-0.25, -0.2) is 14.8 Å². The number of ether oxygens (including phenoxy) is 1. The summed E-state index contributed by atoms with van der Waals surface area (Å²) >= 11 is 6.01. The van der Waals surface area contributed by atoms with Crippen LogP contribution in [0.1, 0.15) is 15.9 Å². The lowest BCUT2D eigenvalue weighted by Crippen LogP contribution is -2.07. The van der Waals surface area contributed by atoms with Crippen LogP contribution in [0.15, 0.2) is 55.0 Å². The van der Waals surface area contributed by atoms with E-state index in [0.29, 0.717) is 28.3 Å². The van der Waals surface area contributed by atoms with Crippen LogP contribution in [0.3, 0.4) is 0 Å². The third-order valence-corrected chi connectivity index (χ3v) is 4.51. The number of benzene rings is 2. The molecule has 0 aliphatic carbocycles. The predicted molar refractivity (Wildman–Crippen MR) is 105 cm³/mol. The Kier molecular flexibility index (Phi) is 4.67. The van der Waals surface area contributed by atoms with Gasteiger partial charge < -0.3 is 9.84 Å². The summed E-state index contributed by atoms with van der Waals surface area (Å²) in [6, 6.07) is 10.6. The summed E-state index contributed by atoms with van der Waals surface area (Å²) in [5.74, 6) is 0.248. The van der Waals surface area contributed by atoms with Crippen LogP contribution in [0.25, 0.3) is 22.3 Å². The molecule has 0 saturated carbocycles. The Morgan fingerprint density at radius 3 is 2.68 bits per heavy atom. The van der Waals surface area contributed by atoms with Gasteiger partial charge in [0, 0.05) is 33.9 Å². The van der Waals surface area contributed by atoms with Gasteiger partial charge in [0.05, 0.1) is 30.9 Å². The molecule has 8 heteroatoms. The van der Waals surface area contributed by atoms with Gasteiger partial charge in [-0.1, -0.05) is 23.7 Å². The highest BCUT2D eigenvalue weighted by Crippen LogP contribution is 2.25. The number of rotatable bonds is 5. The fourth-order valence-electron chi connectivity index (χ4n) is 3.00. The summed E-state index contributed by atoms with van der Waals surface area (Å²) < 4.78 is 6.84. The Labute approximate surface area is 165 Å². The van der Waals surface area contributed by atoms with E-state index in [9.17, 15) is 9.90 Å². The molecule has 0 bridgehead atoms. The quantitative estimate of drug-likeness (QED) is 0.552. The molecule has 1 N–H and O–H groups in total. The Balaban J connectivity index is 1.66. The van der Waals surface area contributed by atoms with Crippen molar-refractivity contribution < 1.29 is 14.6 Å². The fraction of sp³-hybridized carbons (Fsp3) is 0.100. The lowest BCUT2D eigenvalue weighted by atomic mass is 10.1. The maximum Gasteiger partial charge on any atom is 0.337 e. The average molecular weight is 395 g/mol. The molecule has 0 aliphatic heterocycles. The minimum Gasteiger partial charge on any atom is -0.497 e. The minimum absolute atomic E-state index is 0.105. The van der Waals surface area contributed by atoms with E-state index in [1.165, 1.54) is 6.07 Å². The van der Waals surface area contributed by atoms with Gasteiger partial charge in [-0.05, 0) is 24.3 Å². The fourth-order valence-corrected chi connectivity index (χ4v) is 3.23. The number of hydrogen-bond acceptors (Lipinski definition) is 5. The maximum atomic E-state index is 11.6. The van der Waals surface area contributed by atoms with Crippen LogP contribution >= 0.6 is 11.6 Å². The summed E-state index contributed by atoms with van der Waals surface area (Å²) in [6.07, 6.45) is 5.00. The lowest BCUT2D eigenvalue weighted by molar-refractivity contribution is 0.0698. The molecule has 4 aromatic rings. The number of aromatic carboxylic acids is 1. The second-order valence-electron chi connectivity index (χ2n) is 6.15. The van der Waals surface area contributed by atoms with Crippen LogP contribution in [0.4, 0.5) is 0 Å². The first kappa shape index (κ1) is 17.9. The number of aromatic nitrogens is 4. The summed E-state index contributed by atoms with van der Waals surface area (Å²) in [5, 5.41) is 14.8. The molecule has 0 atom stereocenters. The van der Waals surface area contributed by atoms with Crippen molar-refractivity contribution in [3.8, 4) is 17.1 Å². The number of fused-ring (bicyclic) bond motifs is 1. The molecule has 2 aromatic heterocycles.